The summed E-state index contributed by atoms with van der Waals surface area (Å²) in [6, 6.07) is 0. The van der Waals surface area contributed by atoms with E-state index in [9.17, 15) is 8.42 Å². The van der Waals surface area contributed by atoms with Gasteiger partial charge in [0.05, 0.1) is 17.4 Å². The number of rotatable bonds is 7. The van der Waals surface area contributed by atoms with Gasteiger partial charge in [0.25, 0.3) is 10.0 Å². The van der Waals surface area contributed by atoms with Crippen LogP contribution in [0.1, 0.15) is 11.3 Å². The van der Waals surface area contributed by atoms with Gasteiger partial charge >= 0.3 is 0 Å². The molecule has 0 radical (unpaired) electrons. The lowest BCUT2D eigenvalue weighted by atomic mass is 10.3. The van der Waals surface area contributed by atoms with Crippen LogP contribution < -0.4 is 10.0 Å². The van der Waals surface area contributed by atoms with Crippen LogP contribution in [0.5, 0.6) is 0 Å². The van der Waals surface area contributed by atoms with E-state index in [1.165, 1.54) is 17.5 Å². The maximum Gasteiger partial charge on any atom is 0.257 e. The van der Waals surface area contributed by atoms with Gasteiger partial charge in [-0.15, -0.1) is 11.3 Å². The van der Waals surface area contributed by atoms with E-state index in [1.54, 1.807) is 12.6 Å². The molecule has 104 valence electrons. The molecule has 0 aliphatic heterocycles. The second-order valence-electron chi connectivity index (χ2n) is 3.88. The van der Waals surface area contributed by atoms with Crippen molar-refractivity contribution in [3.05, 3.63) is 28.3 Å². The quantitative estimate of drug-likeness (QED) is 0.674. The van der Waals surface area contributed by atoms with E-state index in [0.29, 0.717) is 25.1 Å². The molecule has 0 aliphatic carbocycles. The molecular weight excluding hydrogens is 286 g/mol. The first-order valence-electron chi connectivity index (χ1n) is 5.67. The van der Waals surface area contributed by atoms with E-state index in [0.717, 1.165) is 5.69 Å². The third kappa shape index (κ3) is 3.60. The van der Waals surface area contributed by atoms with Crippen LogP contribution in [0, 0.1) is 0 Å². The molecule has 3 N–H and O–H groups in total. The molecule has 9 heteroatoms. The number of H-pyrrole nitrogens is 1. The fraction of sp³-hybridized carbons (Fsp3) is 0.400. The van der Waals surface area contributed by atoms with Crippen molar-refractivity contribution in [3.63, 3.8) is 0 Å². The highest BCUT2D eigenvalue weighted by molar-refractivity contribution is 7.89. The molecule has 0 amide bonds. The molecule has 0 saturated carbocycles. The molecule has 0 fully saturated rings. The molecule has 0 unspecified atom stereocenters. The minimum Gasteiger partial charge on any atom is -0.316 e. The van der Waals surface area contributed by atoms with Gasteiger partial charge in [0, 0.05) is 30.5 Å². The average Bonchev–Trinajstić information content (AvgIpc) is 3.00. The molecule has 2 rings (SSSR count). The summed E-state index contributed by atoms with van der Waals surface area (Å²) >= 11 is 1.49. The normalized spacial score (nSPS) is 11.8. The summed E-state index contributed by atoms with van der Waals surface area (Å²) in [5.74, 6) is 0. The number of aromatic amines is 1. The number of aromatic nitrogens is 3. The fourth-order valence-electron chi connectivity index (χ4n) is 1.59. The van der Waals surface area contributed by atoms with E-state index in [2.05, 4.69) is 25.2 Å². The van der Waals surface area contributed by atoms with Crippen molar-refractivity contribution >= 4 is 21.4 Å². The molecule has 2 aromatic rings. The summed E-state index contributed by atoms with van der Waals surface area (Å²) in [5.41, 5.74) is 3.22. The number of thiazole rings is 1. The molecular formula is C10H15N5O2S2. The lowest BCUT2D eigenvalue weighted by molar-refractivity contribution is 0.575. The summed E-state index contributed by atoms with van der Waals surface area (Å²) < 4.78 is 26.7. The average molecular weight is 301 g/mol. The second kappa shape index (κ2) is 6.24. The SMILES string of the molecule is CNCc1cn[nH]c1S(=O)(=O)NCCc1cscn1. The molecule has 7 nitrogen and oxygen atoms in total. The maximum absolute atomic E-state index is 12.1. The van der Waals surface area contributed by atoms with E-state index < -0.39 is 10.0 Å². The summed E-state index contributed by atoms with van der Waals surface area (Å²) in [7, 11) is -1.81. The number of nitrogens with zero attached hydrogens (tertiary/aromatic N) is 2. The zero-order chi connectivity index (χ0) is 13.7. The molecule has 0 aromatic carbocycles. The Bertz CT molecular complexity index is 606. The minimum atomic E-state index is -3.56. The lowest BCUT2D eigenvalue weighted by Crippen LogP contribution is -2.27. The largest absolute Gasteiger partial charge is 0.316 e. The first-order chi connectivity index (χ1) is 9.13. The van der Waals surface area contributed by atoms with Gasteiger partial charge in [-0.2, -0.15) is 5.10 Å². The molecule has 0 atom stereocenters. The van der Waals surface area contributed by atoms with Crippen LogP contribution in [0.3, 0.4) is 0 Å². The van der Waals surface area contributed by atoms with Crippen LogP contribution in [0.15, 0.2) is 22.1 Å². The first kappa shape index (κ1) is 14.1. The fourth-order valence-corrected chi connectivity index (χ4v) is 3.35. The van der Waals surface area contributed by atoms with Gasteiger partial charge in [-0.1, -0.05) is 0 Å². The number of hydrogen-bond acceptors (Lipinski definition) is 6. The molecule has 0 spiro atoms. The summed E-state index contributed by atoms with van der Waals surface area (Å²) in [4.78, 5) is 4.10. The highest BCUT2D eigenvalue weighted by Crippen LogP contribution is 2.11. The predicted molar refractivity (Wildman–Crippen MR) is 72.4 cm³/mol. The molecule has 0 saturated heterocycles. The van der Waals surface area contributed by atoms with Gasteiger partial charge in [-0.05, 0) is 7.05 Å². The van der Waals surface area contributed by atoms with E-state index in [1.807, 2.05) is 5.38 Å². The van der Waals surface area contributed by atoms with Crippen molar-refractivity contribution in [1.29, 1.82) is 0 Å². The predicted octanol–water partition coefficient (Wildman–Crippen LogP) is 0.107. The van der Waals surface area contributed by atoms with E-state index in [4.69, 9.17) is 0 Å². The third-order valence-electron chi connectivity index (χ3n) is 2.47. The second-order valence-corrected chi connectivity index (χ2v) is 6.30. The highest BCUT2D eigenvalue weighted by Gasteiger charge is 2.19. The molecule has 2 aromatic heterocycles. The highest BCUT2D eigenvalue weighted by atomic mass is 32.2. The van der Waals surface area contributed by atoms with Crippen molar-refractivity contribution in [2.45, 2.75) is 18.0 Å². The Morgan fingerprint density at radius 1 is 1.47 bits per heavy atom. The minimum absolute atomic E-state index is 0.111. The molecule has 0 bridgehead atoms. The monoisotopic (exact) mass is 301 g/mol. The standard InChI is InChI=1S/C10H15N5O2S2/c1-11-4-8-5-13-15-10(8)19(16,17)14-3-2-9-6-18-7-12-9/h5-7,11,14H,2-4H2,1H3,(H,13,15). The Morgan fingerprint density at radius 3 is 3.00 bits per heavy atom. The van der Waals surface area contributed by atoms with Crippen LogP contribution in [-0.2, 0) is 23.0 Å². The van der Waals surface area contributed by atoms with E-state index in [-0.39, 0.29) is 5.03 Å². The van der Waals surface area contributed by atoms with Gasteiger partial charge in [0.15, 0.2) is 5.03 Å². The van der Waals surface area contributed by atoms with Crippen molar-refractivity contribution in [3.8, 4) is 0 Å². The van der Waals surface area contributed by atoms with Crippen molar-refractivity contribution in [2.24, 2.45) is 0 Å². The Labute approximate surface area is 115 Å². The molecule has 19 heavy (non-hydrogen) atoms. The van der Waals surface area contributed by atoms with Crippen molar-refractivity contribution in [2.75, 3.05) is 13.6 Å². The molecule has 2 heterocycles. The summed E-state index contributed by atoms with van der Waals surface area (Å²) in [5, 5.41) is 11.2. The maximum atomic E-state index is 12.1. The van der Waals surface area contributed by atoms with Gasteiger partial charge in [0.2, 0.25) is 0 Å². The van der Waals surface area contributed by atoms with Crippen LogP contribution in [0.4, 0.5) is 0 Å². The van der Waals surface area contributed by atoms with Gasteiger partial charge in [0.1, 0.15) is 0 Å². The van der Waals surface area contributed by atoms with Crippen molar-refractivity contribution < 1.29 is 8.42 Å². The van der Waals surface area contributed by atoms with Crippen LogP contribution in [-0.4, -0.2) is 37.2 Å². The zero-order valence-electron chi connectivity index (χ0n) is 10.4. The van der Waals surface area contributed by atoms with Gasteiger partial charge in [-0.25, -0.2) is 18.1 Å². The van der Waals surface area contributed by atoms with Crippen molar-refractivity contribution in [1.82, 2.24) is 25.2 Å². The smallest absolute Gasteiger partial charge is 0.257 e. The Kier molecular flexibility index (Phi) is 4.64. The van der Waals surface area contributed by atoms with Crippen LogP contribution in [0.2, 0.25) is 0 Å². The molecule has 0 aliphatic rings. The zero-order valence-corrected chi connectivity index (χ0v) is 12.0. The van der Waals surface area contributed by atoms with Gasteiger partial charge in [-0.3, -0.25) is 5.10 Å². The Hall–Kier alpha value is -1.29. The summed E-state index contributed by atoms with van der Waals surface area (Å²) in [6.07, 6.45) is 2.07. The van der Waals surface area contributed by atoms with Crippen LogP contribution >= 0.6 is 11.3 Å². The lowest BCUT2D eigenvalue weighted by Gasteiger charge is -2.06. The number of sulfonamides is 1. The third-order valence-corrected chi connectivity index (χ3v) is 4.58. The topological polar surface area (TPSA) is 99.8 Å². The van der Waals surface area contributed by atoms with Gasteiger partial charge < -0.3 is 5.32 Å². The summed E-state index contributed by atoms with van der Waals surface area (Å²) in [6.45, 7) is 0.753. The Morgan fingerprint density at radius 2 is 2.32 bits per heavy atom. The number of hydrogen-bond donors (Lipinski definition) is 3. The number of nitrogens with one attached hydrogen (secondary N) is 3. The van der Waals surface area contributed by atoms with Crippen LogP contribution in [0.25, 0.3) is 0 Å². The first-order valence-corrected chi connectivity index (χ1v) is 8.09. The Balaban J connectivity index is 1.99. The van der Waals surface area contributed by atoms with E-state index >= 15 is 0 Å².